The summed E-state index contributed by atoms with van der Waals surface area (Å²) in [5.41, 5.74) is 0. The highest BCUT2D eigenvalue weighted by atomic mass is 16.6. The van der Waals surface area contributed by atoms with Crippen LogP contribution < -0.4 is 0 Å². The fraction of sp³-hybridized carbons (Fsp3) is 0.167. The smallest absolute Gasteiger partial charge is 0.287 e. The van der Waals surface area contributed by atoms with Gasteiger partial charge in [-0.05, 0) is 12.2 Å². The fourth-order valence-electron chi connectivity index (χ4n) is 0.687. The second-order valence-electron chi connectivity index (χ2n) is 1.88. The van der Waals surface area contributed by atoms with Crippen LogP contribution in [0.3, 0.4) is 0 Å². The molecule has 1 atom stereocenters. The van der Waals surface area contributed by atoms with Gasteiger partial charge in [-0.3, -0.25) is 14.9 Å². The minimum Gasteiger partial charge on any atom is -0.287 e. The molecule has 0 N–H and O–H groups in total. The van der Waals surface area contributed by atoms with E-state index in [2.05, 4.69) is 0 Å². The maximum Gasteiger partial charge on any atom is 0.292 e. The summed E-state index contributed by atoms with van der Waals surface area (Å²) in [4.78, 5) is 20.1. The monoisotopic (exact) mass is 139 g/mol. The van der Waals surface area contributed by atoms with Gasteiger partial charge in [0.25, 0.3) is 6.04 Å². The van der Waals surface area contributed by atoms with Crippen LogP contribution in [-0.2, 0) is 4.79 Å². The average molecular weight is 139 g/mol. The quantitative estimate of drug-likeness (QED) is 0.388. The first-order chi connectivity index (χ1) is 4.72. The summed E-state index contributed by atoms with van der Waals surface area (Å²) in [6.07, 6.45) is 5.45. The zero-order valence-corrected chi connectivity index (χ0v) is 5.06. The van der Waals surface area contributed by atoms with Gasteiger partial charge in [0.1, 0.15) is 0 Å². The topological polar surface area (TPSA) is 60.2 Å². The molecular weight excluding hydrogens is 134 g/mol. The van der Waals surface area contributed by atoms with Gasteiger partial charge in [0, 0.05) is 4.92 Å². The number of nitro groups is 1. The third-order valence-corrected chi connectivity index (χ3v) is 1.18. The lowest BCUT2D eigenvalue weighted by molar-refractivity contribution is -0.494. The molecule has 0 spiro atoms. The molecule has 0 aromatic rings. The molecule has 0 amide bonds. The largest absolute Gasteiger partial charge is 0.292 e. The highest BCUT2D eigenvalue weighted by Crippen LogP contribution is 2.01. The highest BCUT2D eigenvalue weighted by molar-refractivity contribution is 5.96. The number of nitrogens with zero attached hydrogens (tertiary/aromatic N) is 1. The van der Waals surface area contributed by atoms with Gasteiger partial charge in [-0.15, -0.1) is 0 Å². The van der Waals surface area contributed by atoms with Crippen molar-refractivity contribution >= 4 is 5.78 Å². The Kier molecular flexibility index (Phi) is 1.62. The fourth-order valence-corrected chi connectivity index (χ4v) is 0.687. The Labute approximate surface area is 57.0 Å². The molecule has 0 fully saturated rings. The molecule has 1 aliphatic rings. The molecule has 0 saturated carbocycles. The molecule has 10 heavy (non-hydrogen) atoms. The summed E-state index contributed by atoms with van der Waals surface area (Å²) in [6, 6.07) is -1.16. The second kappa shape index (κ2) is 2.43. The third kappa shape index (κ3) is 1.10. The Balaban J connectivity index is 2.80. The Morgan fingerprint density at radius 2 is 2.20 bits per heavy atom. The first kappa shape index (κ1) is 6.67. The molecule has 0 saturated heterocycles. The lowest BCUT2D eigenvalue weighted by atomic mass is 10.1. The number of allylic oxidation sites excluding steroid dienone is 2. The van der Waals surface area contributed by atoms with Crippen molar-refractivity contribution in [1.29, 1.82) is 0 Å². The van der Waals surface area contributed by atoms with Crippen molar-refractivity contribution in [2.24, 2.45) is 0 Å². The van der Waals surface area contributed by atoms with Gasteiger partial charge in [0.15, 0.2) is 0 Å². The summed E-state index contributed by atoms with van der Waals surface area (Å²) in [5, 5.41) is 10.1. The number of hydrogen-bond donors (Lipinski definition) is 0. The van der Waals surface area contributed by atoms with Crippen molar-refractivity contribution in [3.8, 4) is 0 Å². The van der Waals surface area contributed by atoms with Crippen molar-refractivity contribution in [3.63, 3.8) is 0 Å². The minimum absolute atomic E-state index is 0.465. The van der Waals surface area contributed by atoms with Crippen LogP contribution in [0.2, 0.25) is 0 Å². The summed E-state index contributed by atoms with van der Waals surface area (Å²) >= 11 is 0. The maximum atomic E-state index is 10.7. The first-order valence-electron chi connectivity index (χ1n) is 2.74. The first-order valence-corrected chi connectivity index (χ1v) is 2.74. The summed E-state index contributed by atoms with van der Waals surface area (Å²) < 4.78 is 0. The van der Waals surface area contributed by atoms with Crippen LogP contribution in [0.4, 0.5) is 0 Å². The van der Waals surface area contributed by atoms with Crippen molar-refractivity contribution in [2.45, 2.75) is 6.04 Å². The van der Waals surface area contributed by atoms with Gasteiger partial charge < -0.3 is 0 Å². The van der Waals surface area contributed by atoms with Crippen LogP contribution in [0.5, 0.6) is 0 Å². The zero-order valence-electron chi connectivity index (χ0n) is 5.06. The zero-order chi connectivity index (χ0) is 7.56. The molecule has 0 unspecified atom stereocenters. The lowest BCUT2D eigenvalue weighted by Gasteiger charge is -2.01. The molecule has 0 radical (unpaired) electrons. The van der Waals surface area contributed by atoms with E-state index in [-0.39, 0.29) is 0 Å². The Bertz CT molecular complexity index is 229. The van der Waals surface area contributed by atoms with Crippen LogP contribution in [0, 0.1) is 10.1 Å². The SMILES string of the molecule is O=C1C=CC=C[C@@H]1[N+](=O)[O-]. The molecule has 0 aliphatic heterocycles. The van der Waals surface area contributed by atoms with Gasteiger partial charge in [-0.2, -0.15) is 0 Å². The van der Waals surface area contributed by atoms with E-state index in [4.69, 9.17) is 0 Å². The molecule has 52 valence electrons. The van der Waals surface area contributed by atoms with Gasteiger partial charge in [0.05, 0.1) is 0 Å². The number of ketones is 1. The predicted octanol–water partition coefficient (Wildman–Crippen LogP) is 0.327. The standard InChI is InChI=1S/C6H5NO3/c8-6-4-2-1-3-5(6)7(9)10/h1-5H/t5-/m0/s1. The molecule has 0 aromatic carbocycles. The lowest BCUT2D eigenvalue weighted by Crippen LogP contribution is -2.26. The molecule has 0 aromatic heterocycles. The van der Waals surface area contributed by atoms with Gasteiger partial charge in [-0.1, -0.05) is 12.2 Å². The number of carbonyl (C=O) groups is 1. The van der Waals surface area contributed by atoms with E-state index >= 15 is 0 Å². The van der Waals surface area contributed by atoms with E-state index in [9.17, 15) is 14.9 Å². The Morgan fingerprint density at radius 3 is 2.60 bits per heavy atom. The maximum absolute atomic E-state index is 10.7. The summed E-state index contributed by atoms with van der Waals surface area (Å²) in [5.74, 6) is -0.465. The van der Waals surface area contributed by atoms with E-state index in [1.165, 1.54) is 24.3 Å². The predicted molar refractivity (Wildman–Crippen MR) is 34.1 cm³/mol. The van der Waals surface area contributed by atoms with Crippen molar-refractivity contribution < 1.29 is 9.72 Å². The Morgan fingerprint density at radius 1 is 1.50 bits per heavy atom. The van der Waals surface area contributed by atoms with Gasteiger partial charge in [-0.25, -0.2) is 0 Å². The molecule has 4 heteroatoms. The van der Waals surface area contributed by atoms with Gasteiger partial charge >= 0.3 is 0 Å². The normalized spacial score (nSPS) is 23.2. The molecule has 0 bridgehead atoms. The van der Waals surface area contributed by atoms with Crippen LogP contribution in [0.1, 0.15) is 0 Å². The van der Waals surface area contributed by atoms with E-state index < -0.39 is 16.7 Å². The number of hydrogen-bond acceptors (Lipinski definition) is 3. The minimum atomic E-state index is -1.16. The number of carbonyl (C=O) groups excluding carboxylic acids is 1. The average Bonchev–Trinajstić information content (AvgIpc) is 1.88. The second-order valence-corrected chi connectivity index (χ2v) is 1.88. The molecule has 4 nitrogen and oxygen atoms in total. The van der Waals surface area contributed by atoms with E-state index in [1.54, 1.807) is 0 Å². The van der Waals surface area contributed by atoms with Crippen LogP contribution >= 0.6 is 0 Å². The summed E-state index contributed by atoms with van der Waals surface area (Å²) in [7, 11) is 0. The highest BCUT2D eigenvalue weighted by Gasteiger charge is 2.24. The molecule has 1 aliphatic carbocycles. The molecule has 1 rings (SSSR count). The van der Waals surface area contributed by atoms with Gasteiger partial charge in [0.2, 0.25) is 5.78 Å². The van der Waals surface area contributed by atoms with Crippen LogP contribution in [0.25, 0.3) is 0 Å². The van der Waals surface area contributed by atoms with E-state index in [0.717, 1.165) is 0 Å². The molecule has 0 heterocycles. The van der Waals surface area contributed by atoms with Crippen LogP contribution in [-0.4, -0.2) is 16.7 Å². The molecular formula is C6H5NO3. The Hall–Kier alpha value is -1.45. The van der Waals surface area contributed by atoms with Crippen molar-refractivity contribution in [3.05, 3.63) is 34.4 Å². The third-order valence-electron chi connectivity index (χ3n) is 1.18. The van der Waals surface area contributed by atoms with Crippen molar-refractivity contribution in [2.75, 3.05) is 0 Å². The van der Waals surface area contributed by atoms with E-state index in [1.807, 2.05) is 0 Å². The van der Waals surface area contributed by atoms with Crippen molar-refractivity contribution in [1.82, 2.24) is 0 Å². The van der Waals surface area contributed by atoms with Crippen LogP contribution in [0.15, 0.2) is 24.3 Å². The summed E-state index contributed by atoms with van der Waals surface area (Å²) in [6.45, 7) is 0. The van der Waals surface area contributed by atoms with E-state index in [0.29, 0.717) is 0 Å². The number of rotatable bonds is 1.